The van der Waals surface area contributed by atoms with Crippen LogP contribution in [0.25, 0.3) is 0 Å². The molecule has 1 aliphatic carbocycles. The Morgan fingerprint density at radius 1 is 0.452 bits per heavy atom. The lowest BCUT2D eigenvalue weighted by atomic mass is 9.82. The quantitative estimate of drug-likeness (QED) is 0.405. The van der Waals surface area contributed by atoms with Crippen LogP contribution >= 0.6 is 0 Å². The summed E-state index contributed by atoms with van der Waals surface area (Å²) in [6.45, 7) is 5.74. The van der Waals surface area contributed by atoms with Gasteiger partial charge in [-0.2, -0.15) is 30.3 Å². The van der Waals surface area contributed by atoms with Gasteiger partial charge in [0, 0.05) is 0 Å². The second kappa shape index (κ2) is 9.04. The molecule has 0 atom stereocenters. The van der Waals surface area contributed by atoms with Crippen molar-refractivity contribution in [3.8, 4) is 0 Å². The van der Waals surface area contributed by atoms with E-state index in [9.17, 15) is 0 Å². The van der Waals surface area contributed by atoms with Gasteiger partial charge in [-0.3, -0.25) is 14.4 Å². The van der Waals surface area contributed by atoms with Crippen LogP contribution in [0.4, 0.5) is 17.1 Å². The summed E-state index contributed by atoms with van der Waals surface area (Å²) in [5.41, 5.74) is -1.62. The van der Waals surface area contributed by atoms with E-state index in [0.717, 1.165) is 0 Å². The van der Waals surface area contributed by atoms with Gasteiger partial charge in [0.25, 0.3) is 17.7 Å². The van der Waals surface area contributed by atoms with Crippen LogP contribution in [0.1, 0.15) is 40.0 Å². The molecule has 0 saturated heterocycles. The first-order valence-corrected chi connectivity index (χ1v) is 14.4. The number of amides is 3. The number of hydrogen-bond donors (Lipinski definition) is 0. The van der Waals surface area contributed by atoms with Gasteiger partial charge in [-0.15, -0.1) is 0 Å². The lowest BCUT2D eigenvalue weighted by Crippen LogP contribution is -2.41. The first kappa shape index (κ1) is 26.0. The number of hydrogen-bond acceptors (Lipinski definition) is 6. The van der Waals surface area contributed by atoms with Gasteiger partial charge in [-0.1, -0.05) is 75.4 Å². The zero-order chi connectivity index (χ0) is 29.3. The van der Waals surface area contributed by atoms with Crippen molar-refractivity contribution in [2.24, 2.45) is 31.5 Å². The molecule has 0 radical (unpaired) electrons. The van der Waals surface area contributed by atoms with Crippen molar-refractivity contribution in [3.05, 3.63) is 91.0 Å². The van der Waals surface area contributed by atoms with Gasteiger partial charge in [0.2, 0.25) is 0 Å². The number of hydrazone groups is 3. The molecule has 3 aromatic carbocycles. The molecule has 3 aliphatic heterocycles. The lowest BCUT2D eigenvalue weighted by Gasteiger charge is -2.19. The molecule has 9 nitrogen and oxygen atoms in total. The van der Waals surface area contributed by atoms with E-state index in [1.165, 1.54) is 15.0 Å². The van der Waals surface area contributed by atoms with E-state index in [-0.39, 0.29) is 0 Å². The lowest BCUT2D eigenvalue weighted by molar-refractivity contribution is -0.126. The molecule has 9 heteroatoms. The molecule has 0 bridgehead atoms. The molecule has 210 valence electrons. The number of para-hydroxylation sites is 3. The number of nitrogens with zero attached hydrogens (tertiary/aromatic N) is 6. The highest BCUT2D eigenvalue weighted by molar-refractivity contribution is 6.48. The van der Waals surface area contributed by atoms with Crippen LogP contribution in [-0.4, -0.2) is 34.9 Å². The molecule has 1 saturated carbocycles. The average molecular weight is 559 g/mol. The Morgan fingerprint density at radius 3 is 0.905 bits per heavy atom. The third-order valence-corrected chi connectivity index (χ3v) is 9.13. The van der Waals surface area contributed by atoms with Crippen molar-refractivity contribution >= 4 is 51.9 Å². The Morgan fingerprint density at radius 2 is 0.690 bits per heavy atom. The molecule has 3 amide bonds. The molecule has 3 spiro atoms. The van der Waals surface area contributed by atoms with E-state index in [1.807, 2.05) is 75.4 Å². The van der Waals surface area contributed by atoms with Gasteiger partial charge in [-0.25, -0.2) is 0 Å². The van der Waals surface area contributed by atoms with Crippen LogP contribution in [-0.2, 0) is 14.4 Å². The number of carbonyl (C=O) groups excluding carboxylic acids is 3. The molecule has 1 fully saturated rings. The minimum Gasteiger partial charge on any atom is -0.271 e. The van der Waals surface area contributed by atoms with Crippen LogP contribution in [0.5, 0.6) is 0 Å². The van der Waals surface area contributed by atoms with Crippen LogP contribution < -0.4 is 15.0 Å². The summed E-state index contributed by atoms with van der Waals surface area (Å²) in [4.78, 5) is 45.1. The summed E-state index contributed by atoms with van der Waals surface area (Å²) in [7, 11) is 0. The standard InChI is InChI=1S/C33H30N6O3/c1-4-25-31(28(40)37(34-25)22-16-10-7-11-17-22)32(26(5-2)35-38(29(32)41)23-18-12-8-13-19-23)33(31)27(6-3)36-39(30(33)42)24-20-14-9-15-21-24/h7-21H,4-6H2,1-3H3. The van der Waals surface area contributed by atoms with Crippen molar-refractivity contribution in [2.45, 2.75) is 40.0 Å². The second-order valence-electron chi connectivity index (χ2n) is 10.8. The van der Waals surface area contributed by atoms with E-state index >= 15 is 14.4 Å². The minimum atomic E-state index is -1.60. The largest absolute Gasteiger partial charge is 0.271 e. The fourth-order valence-electron chi connectivity index (χ4n) is 7.63. The summed E-state index contributed by atoms with van der Waals surface area (Å²) < 4.78 is 0. The molecule has 42 heavy (non-hydrogen) atoms. The first-order valence-electron chi connectivity index (χ1n) is 14.4. The van der Waals surface area contributed by atoms with Crippen molar-refractivity contribution in [1.29, 1.82) is 0 Å². The highest BCUT2D eigenvalue weighted by atomic mass is 16.2. The van der Waals surface area contributed by atoms with Crippen molar-refractivity contribution in [1.82, 2.24) is 0 Å². The summed E-state index contributed by atoms with van der Waals surface area (Å²) in [5.74, 6) is -1.21. The summed E-state index contributed by atoms with van der Waals surface area (Å²) >= 11 is 0. The highest BCUT2D eigenvalue weighted by Crippen LogP contribution is 2.85. The van der Waals surface area contributed by atoms with E-state index in [4.69, 9.17) is 15.3 Å². The van der Waals surface area contributed by atoms with Gasteiger partial charge < -0.3 is 0 Å². The highest BCUT2D eigenvalue weighted by Gasteiger charge is 3.04. The number of anilines is 3. The average Bonchev–Trinajstić information content (AvgIpc) is 3.20. The van der Waals surface area contributed by atoms with Gasteiger partial charge >= 0.3 is 0 Å². The van der Waals surface area contributed by atoms with Crippen LogP contribution in [0, 0.1) is 16.2 Å². The number of fused-ring (bicyclic) bond motifs is 3. The second-order valence-corrected chi connectivity index (χ2v) is 10.8. The Hall–Kier alpha value is -4.92. The van der Waals surface area contributed by atoms with E-state index in [0.29, 0.717) is 53.5 Å². The minimum absolute atomic E-state index is 0.365. The normalized spacial score (nSPS) is 27.9. The van der Waals surface area contributed by atoms with Gasteiger partial charge in [0.15, 0.2) is 0 Å². The zero-order valence-corrected chi connectivity index (χ0v) is 23.7. The molecule has 3 heterocycles. The number of rotatable bonds is 6. The molecular weight excluding hydrogens is 528 g/mol. The molecule has 3 aromatic rings. The van der Waals surface area contributed by atoms with Crippen molar-refractivity contribution in [3.63, 3.8) is 0 Å². The van der Waals surface area contributed by atoms with Crippen LogP contribution in [0.3, 0.4) is 0 Å². The molecule has 0 aromatic heterocycles. The van der Waals surface area contributed by atoms with E-state index in [1.54, 1.807) is 36.4 Å². The fraction of sp³-hybridized carbons (Fsp3) is 0.273. The summed E-state index contributed by atoms with van der Waals surface area (Å²) in [6, 6.07) is 27.4. The SMILES string of the molecule is CCC1=NN(c2ccccc2)C(=O)C12C1(C(=O)N(c3ccccc3)N=C1CC)C21C(=O)N(c2ccccc2)N=C1CC. The van der Waals surface area contributed by atoms with Crippen LogP contribution in [0.2, 0.25) is 0 Å². The summed E-state index contributed by atoms with van der Waals surface area (Å²) in [6.07, 6.45) is 1.09. The van der Waals surface area contributed by atoms with Crippen LogP contribution in [0.15, 0.2) is 106 Å². The number of carbonyl (C=O) groups is 3. The van der Waals surface area contributed by atoms with Crippen molar-refractivity contribution in [2.75, 3.05) is 15.0 Å². The van der Waals surface area contributed by atoms with Gasteiger partial charge in [0.1, 0.15) is 16.2 Å². The van der Waals surface area contributed by atoms with E-state index < -0.39 is 34.0 Å². The number of benzene rings is 3. The summed E-state index contributed by atoms with van der Waals surface area (Å²) in [5, 5.41) is 18.7. The van der Waals surface area contributed by atoms with Gasteiger partial charge in [-0.05, 0) is 55.7 Å². The fourth-order valence-corrected chi connectivity index (χ4v) is 7.63. The molecular formula is C33H30N6O3. The molecule has 0 unspecified atom stereocenters. The Balaban J connectivity index is 1.52. The first-order chi connectivity index (χ1) is 20.5. The maximum Gasteiger partial charge on any atom is 0.262 e. The molecule has 7 rings (SSSR count). The molecule has 0 N–H and O–H groups in total. The smallest absolute Gasteiger partial charge is 0.262 e. The predicted molar refractivity (Wildman–Crippen MR) is 162 cm³/mol. The third-order valence-electron chi connectivity index (χ3n) is 9.13. The van der Waals surface area contributed by atoms with Gasteiger partial charge in [0.05, 0.1) is 34.2 Å². The third kappa shape index (κ3) is 2.73. The Kier molecular flexibility index (Phi) is 5.60. The molecule has 4 aliphatic rings. The predicted octanol–water partition coefficient (Wildman–Crippen LogP) is 5.40. The topological polar surface area (TPSA) is 98.0 Å². The zero-order valence-electron chi connectivity index (χ0n) is 23.7. The maximum absolute atomic E-state index is 15.0. The Bertz CT molecular complexity index is 1500. The van der Waals surface area contributed by atoms with E-state index in [2.05, 4.69) is 0 Å². The Labute approximate surface area is 243 Å². The maximum atomic E-state index is 15.0. The van der Waals surface area contributed by atoms with Crippen molar-refractivity contribution < 1.29 is 14.4 Å². The monoisotopic (exact) mass is 558 g/mol.